The Kier molecular flexibility index (Phi) is 3.22. The Bertz CT molecular complexity index is 122. The van der Waals surface area contributed by atoms with Crippen LogP contribution < -0.4 is 0 Å². The normalized spacial score (nSPS) is 22.4. The topological polar surface area (TPSA) is 6.48 Å². The third kappa shape index (κ3) is 1.55. The van der Waals surface area contributed by atoms with Crippen LogP contribution in [0.4, 0.5) is 0 Å². The van der Waals surface area contributed by atoms with E-state index in [1.807, 2.05) is 0 Å². The molecule has 0 bridgehead atoms. The van der Waals surface area contributed by atoms with Crippen LogP contribution in [-0.2, 0) is 19.4 Å². The molecule has 3 heteroatoms. The molecule has 0 amide bonds. The van der Waals surface area contributed by atoms with Crippen molar-refractivity contribution in [1.29, 1.82) is 0 Å². The first-order valence-corrected chi connectivity index (χ1v) is 5.30. The fourth-order valence-electron chi connectivity index (χ4n) is 1.22. The molecule has 1 saturated heterocycles. The van der Waals surface area contributed by atoms with E-state index in [1.165, 1.54) is 30.3 Å². The summed E-state index contributed by atoms with van der Waals surface area (Å²) in [7, 11) is 0. The molecular weight excluding hydrogens is 296 g/mol. The van der Waals surface area contributed by atoms with Crippen molar-refractivity contribution in [3.63, 3.8) is 0 Å². The third-order valence-corrected chi connectivity index (χ3v) is 3.80. The molecule has 2 nitrogen and oxygen atoms in total. The van der Waals surface area contributed by atoms with E-state index < -0.39 is 0 Å². The van der Waals surface area contributed by atoms with E-state index in [0.29, 0.717) is 0 Å². The summed E-state index contributed by atoms with van der Waals surface area (Å²) in [5.41, 5.74) is 0. The van der Waals surface area contributed by atoms with Gasteiger partial charge in [0.25, 0.3) is 0 Å². The Morgan fingerprint density at radius 3 is 1.80 bits per heavy atom. The van der Waals surface area contributed by atoms with Gasteiger partial charge in [-0.05, 0) is 0 Å². The fraction of sp³-hybridized carbons (Fsp3) is 0.857. The van der Waals surface area contributed by atoms with E-state index in [2.05, 4.69) is 23.6 Å². The molecule has 1 fully saturated rings. The van der Waals surface area contributed by atoms with Crippen molar-refractivity contribution in [2.45, 2.75) is 13.8 Å². The molecule has 10 heavy (non-hydrogen) atoms. The van der Waals surface area contributed by atoms with Gasteiger partial charge in [0, 0.05) is 0 Å². The average molecular weight is 310 g/mol. The van der Waals surface area contributed by atoms with Gasteiger partial charge in [0.15, 0.2) is 0 Å². The Morgan fingerprint density at radius 2 is 1.60 bits per heavy atom. The van der Waals surface area contributed by atoms with Crippen LogP contribution in [0.2, 0.25) is 0 Å². The van der Waals surface area contributed by atoms with E-state index in [9.17, 15) is 0 Å². The Labute approximate surface area is 73.6 Å². The third-order valence-electron chi connectivity index (χ3n) is 1.94. The number of rotatable bonds is 2. The van der Waals surface area contributed by atoms with Crippen molar-refractivity contribution in [3.8, 4) is 0 Å². The summed E-state index contributed by atoms with van der Waals surface area (Å²) in [6.45, 7) is 9.28. The van der Waals surface area contributed by atoms with Crippen LogP contribution >= 0.6 is 0 Å². The molecule has 0 aromatic rings. The van der Waals surface area contributed by atoms with Gasteiger partial charge in [-0.25, -0.2) is 0 Å². The Morgan fingerprint density at radius 1 is 1.20 bits per heavy atom. The van der Waals surface area contributed by atoms with Crippen molar-refractivity contribution in [2.75, 3.05) is 26.2 Å². The van der Waals surface area contributed by atoms with Crippen molar-refractivity contribution >= 4 is 4.15 Å². The number of hydrogen-bond donors (Lipinski definition) is 0. The van der Waals surface area contributed by atoms with Gasteiger partial charge in [-0.15, -0.1) is 0 Å². The monoisotopic (exact) mass is 310 g/mol. The molecule has 0 saturated carbocycles. The molecule has 58 valence electrons. The fourth-order valence-corrected chi connectivity index (χ4v) is 2.80. The molecule has 0 aromatic carbocycles. The zero-order chi connectivity index (χ0) is 7.56. The van der Waals surface area contributed by atoms with Crippen LogP contribution in [0.15, 0.2) is 0 Å². The predicted molar refractivity (Wildman–Crippen MR) is 39.5 cm³/mol. The second kappa shape index (κ2) is 3.75. The van der Waals surface area contributed by atoms with E-state index in [-0.39, 0.29) is 0 Å². The second-order valence-electron chi connectivity index (χ2n) is 2.44. The van der Waals surface area contributed by atoms with E-state index in [0.717, 1.165) is 0 Å². The summed E-state index contributed by atoms with van der Waals surface area (Å²) in [6, 6.07) is 0. The first-order valence-electron chi connectivity index (χ1n) is 3.83. The average Bonchev–Trinajstić information content (AvgIpc) is 2.30. The summed E-state index contributed by atoms with van der Waals surface area (Å²) in [4.78, 5) is 4.91. The predicted octanol–water partition coefficient (Wildman–Crippen LogP) is 0.278. The van der Waals surface area contributed by atoms with Crippen LogP contribution in [0.25, 0.3) is 0 Å². The Hall–Kier alpha value is 0.478. The van der Waals surface area contributed by atoms with Crippen molar-refractivity contribution < 1.29 is 19.4 Å². The van der Waals surface area contributed by atoms with Crippen LogP contribution in [0.1, 0.15) is 13.8 Å². The maximum atomic E-state index is 2.46. The molecule has 1 rings (SSSR count). The zero-order valence-corrected chi connectivity index (χ0v) is 9.56. The number of likely N-dealkylation sites (N-methyl/N-ethyl adjacent to an activating group) is 2. The van der Waals surface area contributed by atoms with Gasteiger partial charge < -0.3 is 0 Å². The molecular formula is C7H14N2W. The summed E-state index contributed by atoms with van der Waals surface area (Å²) >= 11 is 1.61. The molecule has 0 unspecified atom stereocenters. The molecule has 1 aliphatic heterocycles. The molecule has 0 N–H and O–H groups in total. The van der Waals surface area contributed by atoms with E-state index in [1.54, 1.807) is 19.4 Å². The van der Waals surface area contributed by atoms with E-state index in [4.69, 9.17) is 0 Å². The maximum absolute atomic E-state index is 2.46. The summed E-state index contributed by atoms with van der Waals surface area (Å²) < 4.78 is 1.53. The van der Waals surface area contributed by atoms with Gasteiger partial charge in [0.2, 0.25) is 0 Å². The van der Waals surface area contributed by atoms with Gasteiger partial charge in [-0.2, -0.15) is 0 Å². The second-order valence-corrected chi connectivity index (χ2v) is 3.75. The van der Waals surface area contributed by atoms with Crippen LogP contribution in [0.5, 0.6) is 0 Å². The van der Waals surface area contributed by atoms with Crippen LogP contribution in [-0.4, -0.2) is 40.1 Å². The van der Waals surface area contributed by atoms with Crippen molar-refractivity contribution in [3.05, 3.63) is 0 Å². The molecule has 1 heterocycles. The minimum absolute atomic E-state index is 1.18. The molecule has 1 aliphatic rings. The standard InChI is InChI=1S/C7H14N2.W/c1-3-8-5-6-9(4-2)7-8;/h3-6H2,1-2H3;. The first kappa shape index (κ1) is 8.57. The quantitative estimate of drug-likeness (QED) is 0.723. The van der Waals surface area contributed by atoms with Gasteiger partial charge in [-0.1, -0.05) is 0 Å². The molecule has 0 spiro atoms. The molecule has 0 radical (unpaired) electrons. The van der Waals surface area contributed by atoms with Gasteiger partial charge in [0.05, 0.1) is 0 Å². The Balaban J connectivity index is 2.49. The number of nitrogens with zero attached hydrogens (tertiary/aromatic N) is 2. The van der Waals surface area contributed by atoms with Crippen LogP contribution in [0, 0.1) is 0 Å². The summed E-state index contributed by atoms with van der Waals surface area (Å²) in [5, 5.41) is 0. The molecule has 0 atom stereocenters. The zero-order valence-electron chi connectivity index (χ0n) is 6.63. The van der Waals surface area contributed by atoms with Gasteiger partial charge in [0.1, 0.15) is 0 Å². The summed E-state index contributed by atoms with van der Waals surface area (Å²) in [6.07, 6.45) is 0. The van der Waals surface area contributed by atoms with Gasteiger partial charge in [-0.3, -0.25) is 0 Å². The SMILES string of the molecule is CCN1CCN(CC)[C]1=[W]. The summed E-state index contributed by atoms with van der Waals surface area (Å²) in [5.74, 6) is 0. The van der Waals surface area contributed by atoms with Gasteiger partial charge >= 0.3 is 73.3 Å². The van der Waals surface area contributed by atoms with E-state index >= 15 is 0 Å². The van der Waals surface area contributed by atoms with Crippen molar-refractivity contribution in [1.82, 2.24) is 9.80 Å². The minimum atomic E-state index is 1.18. The van der Waals surface area contributed by atoms with Crippen molar-refractivity contribution in [2.24, 2.45) is 0 Å². The number of hydrogen-bond acceptors (Lipinski definition) is 2. The van der Waals surface area contributed by atoms with Crippen LogP contribution in [0.3, 0.4) is 0 Å². The first-order chi connectivity index (χ1) is 4.79. The molecule has 0 aliphatic carbocycles. The molecule has 0 aromatic heterocycles.